The van der Waals surface area contributed by atoms with Crippen molar-refractivity contribution in [2.24, 2.45) is 0 Å². The van der Waals surface area contributed by atoms with Crippen molar-refractivity contribution in [1.29, 1.82) is 0 Å². The molecular weight excluding hydrogens is 438 g/mol. The average Bonchev–Trinajstić information content (AvgIpc) is 3.26. The van der Waals surface area contributed by atoms with E-state index in [2.05, 4.69) is 4.98 Å². The second kappa shape index (κ2) is 9.06. The van der Waals surface area contributed by atoms with Crippen molar-refractivity contribution in [2.75, 3.05) is 27.2 Å². The number of nitro benzene ring substituents is 1. The van der Waals surface area contributed by atoms with Gasteiger partial charge < -0.3 is 14.9 Å². The van der Waals surface area contributed by atoms with Crippen LogP contribution in [0.3, 0.4) is 0 Å². The van der Waals surface area contributed by atoms with E-state index in [9.17, 15) is 24.8 Å². The molecule has 0 radical (unpaired) electrons. The SMILES string of the molecule is Cc1nc2ccccn2c1/C(O)=C1/C(=O)C(=O)N(CCCN(C)C)C1c1cccc([N+](=O)[O-])c1. The van der Waals surface area contributed by atoms with Crippen LogP contribution in [0.15, 0.2) is 54.2 Å². The number of likely N-dealkylation sites (tertiary alicyclic amines) is 1. The molecule has 1 N–H and O–H groups in total. The molecule has 3 aromatic rings. The van der Waals surface area contributed by atoms with Crippen LogP contribution in [0.25, 0.3) is 11.4 Å². The summed E-state index contributed by atoms with van der Waals surface area (Å²) in [7, 11) is 3.80. The molecule has 1 aromatic carbocycles. The first-order valence-electron chi connectivity index (χ1n) is 10.8. The molecule has 1 aliphatic rings. The number of hydrogen-bond acceptors (Lipinski definition) is 7. The first kappa shape index (κ1) is 23.1. The summed E-state index contributed by atoms with van der Waals surface area (Å²) in [5.74, 6) is -1.94. The second-order valence-corrected chi connectivity index (χ2v) is 8.48. The Hall–Kier alpha value is -4.05. The molecule has 1 atom stereocenters. The van der Waals surface area contributed by atoms with E-state index in [1.54, 1.807) is 41.8 Å². The number of rotatable bonds is 7. The zero-order chi connectivity index (χ0) is 24.6. The largest absolute Gasteiger partial charge is 0.505 e. The fourth-order valence-electron chi connectivity index (χ4n) is 4.35. The molecule has 176 valence electrons. The lowest BCUT2D eigenvalue weighted by Crippen LogP contribution is -2.32. The van der Waals surface area contributed by atoms with E-state index in [0.717, 1.165) is 0 Å². The molecule has 0 spiro atoms. The predicted molar refractivity (Wildman–Crippen MR) is 125 cm³/mol. The number of hydrogen-bond donors (Lipinski definition) is 1. The third kappa shape index (κ3) is 4.03. The zero-order valence-corrected chi connectivity index (χ0v) is 19.1. The summed E-state index contributed by atoms with van der Waals surface area (Å²) in [4.78, 5) is 44.9. The number of aliphatic hydroxyl groups is 1. The van der Waals surface area contributed by atoms with Gasteiger partial charge in [-0.1, -0.05) is 18.2 Å². The molecule has 4 rings (SSSR count). The van der Waals surface area contributed by atoms with E-state index in [0.29, 0.717) is 35.6 Å². The highest BCUT2D eigenvalue weighted by Gasteiger charge is 2.46. The minimum absolute atomic E-state index is 0.107. The van der Waals surface area contributed by atoms with Crippen LogP contribution < -0.4 is 0 Å². The normalized spacial score (nSPS) is 17.8. The van der Waals surface area contributed by atoms with Gasteiger partial charge in [0.25, 0.3) is 17.4 Å². The van der Waals surface area contributed by atoms with E-state index in [1.807, 2.05) is 19.0 Å². The first-order chi connectivity index (χ1) is 16.2. The summed E-state index contributed by atoms with van der Waals surface area (Å²) in [5.41, 5.74) is 1.48. The van der Waals surface area contributed by atoms with Crippen molar-refractivity contribution in [2.45, 2.75) is 19.4 Å². The number of aliphatic hydroxyl groups excluding tert-OH is 1. The summed E-state index contributed by atoms with van der Waals surface area (Å²) in [6, 6.07) is 10.2. The molecule has 1 unspecified atom stereocenters. The van der Waals surface area contributed by atoms with Crippen LogP contribution in [0.5, 0.6) is 0 Å². The van der Waals surface area contributed by atoms with Gasteiger partial charge in [0.2, 0.25) is 0 Å². The van der Waals surface area contributed by atoms with Crippen LogP contribution >= 0.6 is 0 Å². The maximum Gasteiger partial charge on any atom is 0.295 e. The molecule has 3 heterocycles. The molecule has 1 amide bonds. The van der Waals surface area contributed by atoms with Gasteiger partial charge in [0, 0.05) is 24.9 Å². The fourth-order valence-corrected chi connectivity index (χ4v) is 4.35. The highest BCUT2D eigenvalue weighted by molar-refractivity contribution is 6.46. The number of aromatic nitrogens is 2. The quantitative estimate of drug-likeness (QED) is 0.188. The number of Topliss-reactive ketones (excluding diaryl/α,β-unsaturated/α-hetero) is 1. The van der Waals surface area contributed by atoms with E-state index in [1.165, 1.54) is 23.1 Å². The number of carbonyl (C=O) groups excluding carboxylic acids is 2. The number of ketones is 1. The highest BCUT2D eigenvalue weighted by atomic mass is 16.6. The van der Waals surface area contributed by atoms with Crippen molar-refractivity contribution in [3.63, 3.8) is 0 Å². The minimum atomic E-state index is -0.962. The summed E-state index contributed by atoms with van der Waals surface area (Å²) in [5, 5.41) is 22.8. The Kier molecular flexibility index (Phi) is 6.16. The van der Waals surface area contributed by atoms with E-state index >= 15 is 0 Å². The van der Waals surface area contributed by atoms with Crippen molar-refractivity contribution in [1.82, 2.24) is 19.2 Å². The topological polar surface area (TPSA) is 121 Å². The van der Waals surface area contributed by atoms with Crippen molar-refractivity contribution >= 4 is 28.8 Å². The molecule has 0 aliphatic carbocycles. The van der Waals surface area contributed by atoms with Gasteiger partial charge in [0.1, 0.15) is 11.3 Å². The number of carbonyl (C=O) groups is 2. The Morgan fingerprint density at radius 2 is 1.97 bits per heavy atom. The first-order valence-corrected chi connectivity index (χ1v) is 10.8. The van der Waals surface area contributed by atoms with E-state index in [-0.39, 0.29) is 23.6 Å². The number of nitro groups is 1. The molecule has 10 heteroatoms. The number of aryl methyl sites for hydroxylation is 1. The van der Waals surface area contributed by atoms with Gasteiger partial charge in [-0.05, 0) is 51.7 Å². The molecular formula is C24H25N5O5. The van der Waals surface area contributed by atoms with Crippen LogP contribution in [0.4, 0.5) is 5.69 Å². The van der Waals surface area contributed by atoms with Gasteiger partial charge >= 0.3 is 0 Å². The minimum Gasteiger partial charge on any atom is -0.505 e. The highest BCUT2D eigenvalue weighted by Crippen LogP contribution is 2.40. The lowest BCUT2D eigenvalue weighted by atomic mass is 9.96. The van der Waals surface area contributed by atoms with Crippen LogP contribution in [-0.4, -0.2) is 68.1 Å². The Morgan fingerprint density at radius 1 is 1.21 bits per heavy atom. The molecule has 0 saturated carbocycles. The van der Waals surface area contributed by atoms with Crippen LogP contribution in [0, 0.1) is 17.0 Å². The Bertz CT molecular complexity index is 1330. The Balaban J connectivity index is 1.91. The summed E-state index contributed by atoms with van der Waals surface area (Å²) < 4.78 is 1.65. The summed E-state index contributed by atoms with van der Waals surface area (Å²) >= 11 is 0. The summed E-state index contributed by atoms with van der Waals surface area (Å²) in [6.07, 6.45) is 2.29. The summed E-state index contributed by atoms with van der Waals surface area (Å²) in [6.45, 7) is 2.63. The Morgan fingerprint density at radius 3 is 2.68 bits per heavy atom. The number of non-ortho nitro benzene ring substituents is 1. The number of fused-ring (bicyclic) bond motifs is 1. The van der Waals surface area contributed by atoms with Crippen molar-refractivity contribution in [3.8, 4) is 0 Å². The maximum absolute atomic E-state index is 13.2. The van der Waals surface area contributed by atoms with E-state index < -0.39 is 22.7 Å². The molecule has 2 aromatic heterocycles. The van der Waals surface area contributed by atoms with Crippen LogP contribution in [0.2, 0.25) is 0 Å². The number of pyridine rings is 1. The smallest absolute Gasteiger partial charge is 0.295 e. The number of nitrogens with zero attached hydrogens (tertiary/aromatic N) is 5. The van der Waals surface area contributed by atoms with Crippen LogP contribution in [-0.2, 0) is 9.59 Å². The number of benzene rings is 1. The Labute approximate surface area is 195 Å². The van der Waals surface area contributed by atoms with Gasteiger partial charge in [-0.25, -0.2) is 4.98 Å². The monoisotopic (exact) mass is 463 g/mol. The van der Waals surface area contributed by atoms with Gasteiger partial charge in [0.05, 0.1) is 22.2 Å². The second-order valence-electron chi connectivity index (χ2n) is 8.48. The van der Waals surface area contributed by atoms with Gasteiger partial charge in [-0.2, -0.15) is 0 Å². The molecule has 10 nitrogen and oxygen atoms in total. The molecule has 0 bridgehead atoms. The van der Waals surface area contributed by atoms with Gasteiger partial charge in [0.15, 0.2) is 5.76 Å². The van der Waals surface area contributed by atoms with Gasteiger partial charge in [-0.3, -0.25) is 24.1 Å². The van der Waals surface area contributed by atoms with Crippen molar-refractivity contribution in [3.05, 3.63) is 81.3 Å². The van der Waals surface area contributed by atoms with Crippen molar-refractivity contribution < 1.29 is 19.6 Å². The molecule has 34 heavy (non-hydrogen) atoms. The van der Waals surface area contributed by atoms with Crippen LogP contribution in [0.1, 0.15) is 29.4 Å². The fraction of sp³-hybridized carbons (Fsp3) is 0.292. The third-order valence-electron chi connectivity index (χ3n) is 5.87. The molecule has 1 fully saturated rings. The number of imidazole rings is 1. The molecule has 1 aliphatic heterocycles. The standard InChI is InChI=1S/C24H25N5O5/c1-15-20(27-12-5-4-10-18(27)25-15)22(30)19-21(16-8-6-9-17(14-16)29(33)34)28(24(32)23(19)31)13-7-11-26(2)3/h4-6,8-10,12,14,21,30H,7,11,13H2,1-3H3/b22-19-. The maximum atomic E-state index is 13.2. The predicted octanol–water partition coefficient (Wildman–Crippen LogP) is 2.92. The van der Waals surface area contributed by atoms with Gasteiger partial charge in [-0.15, -0.1) is 0 Å². The lowest BCUT2D eigenvalue weighted by molar-refractivity contribution is -0.384. The average molecular weight is 463 g/mol. The lowest BCUT2D eigenvalue weighted by Gasteiger charge is -2.25. The zero-order valence-electron chi connectivity index (χ0n) is 19.1. The van der Waals surface area contributed by atoms with E-state index in [4.69, 9.17) is 0 Å². The molecule has 1 saturated heterocycles. The number of amides is 1. The third-order valence-corrected chi connectivity index (χ3v) is 5.87.